The van der Waals surface area contributed by atoms with Gasteiger partial charge in [-0.1, -0.05) is 0 Å². The molecule has 19 heavy (non-hydrogen) atoms. The van der Waals surface area contributed by atoms with Crippen molar-refractivity contribution in [3.05, 3.63) is 29.6 Å². The average Bonchev–Trinajstić information content (AvgIpc) is 2.16. The second-order valence-electron chi connectivity index (χ2n) is 5.71. The van der Waals surface area contributed by atoms with E-state index in [0.29, 0.717) is 5.69 Å². The number of ether oxygens (including phenoxy) is 1. The average molecular weight is 266 g/mol. The van der Waals surface area contributed by atoms with Gasteiger partial charge in [0.25, 0.3) is 0 Å². The molecule has 104 valence electrons. The van der Waals surface area contributed by atoms with Gasteiger partial charge in [0.1, 0.15) is 11.4 Å². The molecule has 0 bridgehead atoms. The minimum absolute atomic E-state index is 0.237. The summed E-state index contributed by atoms with van der Waals surface area (Å²) in [7, 11) is 0. The van der Waals surface area contributed by atoms with Gasteiger partial charge in [0.2, 0.25) is 0 Å². The van der Waals surface area contributed by atoms with Crippen molar-refractivity contribution < 1.29 is 13.9 Å². The molecule has 1 amide bonds. The van der Waals surface area contributed by atoms with Gasteiger partial charge in [0.15, 0.2) is 0 Å². The lowest BCUT2D eigenvalue weighted by atomic mass is 9.92. The van der Waals surface area contributed by atoms with Crippen LogP contribution >= 0.6 is 0 Å². The Bertz CT molecular complexity index is 479. The fraction of sp³-hybridized carbons (Fsp3) is 0.500. The SMILES string of the molecule is CC(C)(C)OC(=O)Nc1ccc(F)cc1C1CNC1. The Labute approximate surface area is 112 Å². The number of benzene rings is 1. The summed E-state index contributed by atoms with van der Waals surface area (Å²) in [5.74, 6) is -0.0581. The van der Waals surface area contributed by atoms with E-state index in [1.807, 2.05) is 0 Å². The molecule has 1 aliphatic rings. The summed E-state index contributed by atoms with van der Waals surface area (Å²) in [6.07, 6.45) is -0.521. The lowest BCUT2D eigenvalue weighted by molar-refractivity contribution is 0.0635. The molecule has 1 aliphatic heterocycles. The summed E-state index contributed by atoms with van der Waals surface area (Å²) in [4.78, 5) is 11.8. The number of carbonyl (C=O) groups excluding carboxylic acids is 1. The van der Waals surface area contributed by atoms with Crippen molar-refractivity contribution in [1.29, 1.82) is 0 Å². The second-order valence-corrected chi connectivity index (χ2v) is 5.71. The molecule has 0 unspecified atom stereocenters. The van der Waals surface area contributed by atoms with Gasteiger partial charge in [-0.15, -0.1) is 0 Å². The molecular formula is C14H19FN2O2. The van der Waals surface area contributed by atoms with Crippen molar-refractivity contribution in [3.63, 3.8) is 0 Å². The van der Waals surface area contributed by atoms with E-state index in [1.165, 1.54) is 12.1 Å². The molecular weight excluding hydrogens is 247 g/mol. The lowest BCUT2D eigenvalue weighted by Crippen LogP contribution is -2.40. The number of halogens is 1. The third-order valence-corrected chi connectivity index (χ3v) is 2.87. The Morgan fingerprint density at radius 1 is 1.42 bits per heavy atom. The summed E-state index contributed by atoms with van der Waals surface area (Å²) in [5, 5.41) is 5.82. The zero-order chi connectivity index (χ0) is 14.0. The van der Waals surface area contributed by atoms with Crippen LogP contribution in [0.1, 0.15) is 32.3 Å². The molecule has 1 heterocycles. The van der Waals surface area contributed by atoms with Crippen molar-refractivity contribution in [2.24, 2.45) is 0 Å². The molecule has 5 heteroatoms. The first-order chi connectivity index (χ1) is 8.85. The van der Waals surface area contributed by atoms with Gasteiger partial charge < -0.3 is 10.1 Å². The quantitative estimate of drug-likeness (QED) is 0.865. The first kappa shape index (κ1) is 13.8. The van der Waals surface area contributed by atoms with Crippen molar-refractivity contribution in [1.82, 2.24) is 5.32 Å². The molecule has 2 rings (SSSR count). The van der Waals surface area contributed by atoms with E-state index in [2.05, 4.69) is 10.6 Å². The van der Waals surface area contributed by atoms with Gasteiger partial charge in [-0.3, -0.25) is 5.32 Å². The predicted molar refractivity (Wildman–Crippen MR) is 71.9 cm³/mol. The van der Waals surface area contributed by atoms with E-state index in [9.17, 15) is 9.18 Å². The Balaban J connectivity index is 2.13. The number of anilines is 1. The summed E-state index contributed by atoms with van der Waals surface area (Å²) in [5.41, 5.74) is 0.870. The zero-order valence-electron chi connectivity index (χ0n) is 11.4. The first-order valence-corrected chi connectivity index (χ1v) is 6.35. The van der Waals surface area contributed by atoms with E-state index in [-0.39, 0.29) is 11.7 Å². The number of carbonyl (C=O) groups is 1. The second kappa shape index (κ2) is 5.17. The lowest BCUT2D eigenvalue weighted by Gasteiger charge is -2.29. The fourth-order valence-electron chi connectivity index (χ4n) is 1.91. The minimum Gasteiger partial charge on any atom is -0.444 e. The molecule has 1 aromatic rings. The van der Waals surface area contributed by atoms with Gasteiger partial charge in [0, 0.05) is 24.7 Å². The van der Waals surface area contributed by atoms with E-state index >= 15 is 0 Å². The molecule has 1 fully saturated rings. The zero-order valence-corrected chi connectivity index (χ0v) is 11.4. The molecule has 0 saturated carbocycles. The highest BCUT2D eigenvalue weighted by Gasteiger charge is 2.24. The predicted octanol–water partition coefficient (Wildman–Crippen LogP) is 2.86. The topological polar surface area (TPSA) is 50.4 Å². The van der Waals surface area contributed by atoms with Crippen molar-refractivity contribution in [2.75, 3.05) is 18.4 Å². The first-order valence-electron chi connectivity index (χ1n) is 6.35. The van der Waals surface area contributed by atoms with Crippen molar-refractivity contribution >= 4 is 11.8 Å². The van der Waals surface area contributed by atoms with E-state index < -0.39 is 11.7 Å². The standard InChI is InChI=1S/C14H19FN2O2/c1-14(2,3)19-13(18)17-12-5-4-10(15)6-11(12)9-7-16-8-9/h4-6,9,16H,7-8H2,1-3H3,(H,17,18). The number of hydrogen-bond acceptors (Lipinski definition) is 3. The normalized spacial score (nSPS) is 15.8. The maximum Gasteiger partial charge on any atom is 0.412 e. The number of hydrogen-bond donors (Lipinski definition) is 2. The van der Waals surface area contributed by atoms with Gasteiger partial charge in [-0.2, -0.15) is 0 Å². The maximum atomic E-state index is 13.3. The molecule has 4 nitrogen and oxygen atoms in total. The van der Waals surface area contributed by atoms with Crippen LogP contribution in [0.4, 0.5) is 14.9 Å². The van der Waals surface area contributed by atoms with Crippen LogP contribution in [0.2, 0.25) is 0 Å². The van der Waals surface area contributed by atoms with Gasteiger partial charge in [0.05, 0.1) is 0 Å². The molecule has 2 N–H and O–H groups in total. The highest BCUT2D eigenvalue weighted by atomic mass is 19.1. The Morgan fingerprint density at radius 3 is 2.63 bits per heavy atom. The molecule has 0 aromatic heterocycles. The molecule has 1 aromatic carbocycles. The Hall–Kier alpha value is -1.62. The summed E-state index contributed by atoms with van der Waals surface area (Å²) in [6, 6.07) is 4.38. The fourth-order valence-corrected chi connectivity index (χ4v) is 1.91. The number of rotatable bonds is 2. The third kappa shape index (κ3) is 3.67. The van der Waals surface area contributed by atoms with Crippen LogP contribution in [0.15, 0.2) is 18.2 Å². The number of amides is 1. The van der Waals surface area contributed by atoms with Gasteiger partial charge >= 0.3 is 6.09 Å². The highest BCUT2D eigenvalue weighted by Crippen LogP contribution is 2.28. The molecule has 0 atom stereocenters. The van der Waals surface area contributed by atoms with Crippen molar-refractivity contribution in [3.8, 4) is 0 Å². The van der Waals surface area contributed by atoms with Gasteiger partial charge in [-0.25, -0.2) is 9.18 Å². The van der Waals surface area contributed by atoms with Crippen LogP contribution < -0.4 is 10.6 Å². The molecule has 0 radical (unpaired) electrons. The van der Waals surface area contributed by atoms with Crippen LogP contribution in [-0.2, 0) is 4.74 Å². The highest BCUT2D eigenvalue weighted by molar-refractivity contribution is 5.86. The summed E-state index contributed by atoms with van der Waals surface area (Å²) < 4.78 is 18.5. The van der Waals surface area contributed by atoms with E-state index in [4.69, 9.17) is 4.74 Å². The summed E-state index contributed by atoms with van der Waals surface area (Å²) >= 11 is 0. The van der Waals surface area contributed by atoms with Crippen LogP contribution in [0.3, 0.4) is 0 Å². The van der Waals surface area contributed by atoms with E-state index in [0.717, 1.165) is 18.7 Å². The maximum absolute atomic E-state index is 13.3. The van der Waals surface area contributed by atoms with E-state index in [1.54, 1.807) is 26.8 Å². The van der Waals surface area contributed by atoms with Crippen LogP contribution in [-0.4, -0.2) is 24.8 Å². The third-order valence-electron chi connectivity index (χ3n) is 2.87. The number of nitrogens with one attached hydrogen (secondary N) is 2. The Morgan fingerprint density at radius 2 is 2.11 bits per heavy atom. The minimum atomic E-state index is -0.553. The monoisotopic (exact) mass is 266 g/mol. The van der Waals surface area contributed by atoms with Crippen LogP contribution in [0.25, 0.3) is 0 Å². The Kier molecular flexibility index (Phi) is 3.75. The molecule has 1 saturated heterocycles. The largest absolute Gasteiger partial charge is 0.444 e. The van der Waals surface area contributed by atoms with Crippen LogP contribution in [0, 0.1) is 5.82 Å². The van der Waals surface area contributed by atoms with Crippen molar-refractivity contribution in [2.45, 2.75) is 32.3 Å². The molecule has 0 aliphatic carbocycles. The smallest absolute Gasteiger partial charge is 0.412 e. The summed E-state index contributed by atoms with van der Waals surface area (Å²) in [6.45, 7) is 6.99. The molecule has 0 spiro atoms. The van der Waals surface area contributed by atoms with Gasteiger partial charge in [-0.05, 0) is 44.5 Å². The van der Waals surface area contributed by atoms with Crippen LogP contribution in [0.5, 0.6) is 0 Å².